The van der Waals surface area contributed by atoms with Crippen molar-refractivity contribution in [3.8, 4) is 0 Å². The van der Waals surface area contributed by atoms with Crippen LogP contribution >= 0.6 is 23.4 Å². The van der Waals surface area contributed by atoms with Gasteiger partial charge >= 0.3 is 0 Å². The zero-order valence-electron chi connectivity index (χ0n) is 23.7. The first kappa shape index (κ1) is 30.3. The molecule has 1 atom stereocenters. The number of carbonyl (C=O) groups is 2. The van der Waals surface area contributed by atoms with E-state index in [2.05, 4.69) is 52.9 Å². The van der Waals surface area contributed by atoms with E-state index in [0.29, 0.717) is 36.4 Å². The summed E-state index contributed by atoms with van der Waals surface area (Å²) in [6, 6.07) is 12.2. The third-order valence-corrected chi connectivity index (χ3v) is 8.48. The van der Waals surface area contributed by atoms with Crippen LogP contribution in [0.1, 0.15) is 45.1 Å². The fraction of sp³-hybridized carbons (Fsp3) is 0.533. The number of carbonyl (C=O) groups excluding carboxylic acids is 2. The second-order valence-electron chi connectivity index (χ2n) is 10.5. The molecule has 10 heteroatoms. The SMILES string of the molecule is CCCCCC(=O)N1CCN(c2cc(Cl)nc(SCC(=O)N3CCN(CC=Cc4ccccc4)CC3)n2)CC1C. The van der Waals surface area contributed by atoms with Crippen LogP contribution < -0.4 is 4.90 Å². The fourth-order valence-corrected chi connectivity index (χ4v) is 6.10. The topological polar surface area (TPSA) is 72.9 Å². The summed E-state index contributed by atoms with van der Waals surface area (Å²) >= 11 is 7.68. The highest BCUT2D eigenvalue weighted by atomic mass is 35.5. The molecule has 2 aliphatic rings. The van der Waals surface area contributed by atoms with Crippen LogP contribution in [-0.4, -0.2) is 101 Å². The van der Waals surface area contributed by atoms with Gasteiger partial charge in [-0.05, 0) is 18.9 Å². The fourth-order valence-electron chi connectivity index (χ4n) is 5.12. The van der Waals surface area contributed by atoms with E-state index < -0.39 is 0 Å². The van der Waals surface area contributed by atoms with Gasteiger partial charge in [0, 0.05) is 70.9 Å². The Labute approximate surface area is 247 Å². The Morgan fingerprint density at radius 3 is 2.52 bits per heavy atom. The molecule has 0 radical (unpaired) electrons. The van der Waals surface area contributed by atoms with E-state index in [1.54, 1.807) is 6.07 Å². The summed E-state index contributed by atoms with van der Waals surface area (Å²) in [6.07, 6.45) is 8.09. The van der Waals surface area contributed by atoms with Gasteiger partial charge in [0.25, 0.3) is 0 Å². The number of anilines is 1. The number of thioether (sulfide) groups is 1. The van der Waals surface area contributed by atoms with Gasteiger partial charge in [0.15, 0.2) is 5.16 Å². The first-order valence-corrected chi connectivity index (χ1v) is 15.7. The lowest BCUT2D eigenvalue weighted by molar-refractivity contribution is -0.133. The summed E-state index contributed by atoms with van der Waals surface area (Å²) in [7, 11) is 0. The van der Waals surface area contributed by atoms with Crippen LogP contribution in [0.4, 0.5) is 5.82 Å². The molecule has 216 valence electrons. The number of hydrogen-bond donors (Lipinski definition) is 0. The second-order valence-corrected chi connectivity index (χ2v) is 11.8. The van der Waals surface area contributed by atoms with Crippen molar-refractivity contribution in [1.82, 2.24) is 24.7 Å². The molecule has 1 aromatic carbocycles. The minimum absolute atomic E-state index is 0.0958. The molecule has 2 aliphatic heterocycles. The lowest BCUT2D eigenvalue weighted by Crippen LogP contribution is -2.54. The van der Waals surface area contributed by atoms with Gasteiger partial charge in [0.2, 0.25) is 11.8 Å². The van der Waals surface area contributed by atoms with Crippen molar-refractivity contribution in [2.24, 2.45) is 0 Å². The van der Waals surface area contributed by atoms with E-state index in [-0.39, 0.29) is 23.6 Å². The maximum absolute atomic E-state index is 12.9. The van der Waals surface area contributed by atoms with Crippen LogP contribution in [0.2, 0.25) is 5.15 Å². The Kier molecular flexibility index (Phi) is 11.7. The third-order valence-electron chi connectivity index (χ3n) is 7.45. The molecule has 0 saturated carbocycles. The average Bonchev–Trinajstić information content (AvgIpc) is 2.96. The Morgan fingerprint density at radius 1 is 1.02 bits per heavy atom. The van der Waals surface area contributed by atoms with Crippen molar-refractivity contribution in [3.63, 3.8) is 0 Å². The summed E-state index contributed by atoms with van der Waals surface area (Å²) in [4.78, 5) is 43.1. The first-order chi connectivity index (χ1) is 19.4. The predicted molar refractivity (Wildman–Crippen MR) is 164 cm³/mol. The number of halogens is 1. The number of aromatic nitrogens is 2. The van der Waals surface area contributed by atoms with Crippen LogP contribution in [0.5, 0.6) is 0 Å². The van der Waals surface area contributed by atoms with Crippen LogP contribution in [0.3, 0.4) is 0 Å². The molecule has 1 unspecified atom stereocenters. The van der Waals surface area contributed by atoms with Gasteiger partial charge in [-0.15, -0.1) is 0 Å². The second kappa shape index (κ2) is 15.4. The predicted octanol–water partition coefficient (Wildman–Crippen LogP) is 4.70. The number of rotatable bonds is 11. The molecule has 2 aromatic rings. The van der Waals surface area contributed by atoms with Crippen molar-refractivity contribution in [3.05, 3.63) is 53.2 Å². The highest BCUT2D eigenvalue weighted by Crippen LogP contribution is 2.25. The maximum Gasteiger partial charge on any atom is 0.233 e. The van der Waals surface area contributed by atoms with Gasteiger partial charge in [0.05, 0.1) is 5.75 Å². The molecule has 0 aliphatic carbocycles. The van der Waals surface area contributed by atoms with E-state index >= 15 is 0 Å². The van der Waals surface area contributed by atoms with Gasteiger partial charge in [-0.3, -0.25) is 14.5 Å². The average molecular weight is 585 g/mol. The van der Waals surface area contributed by atoms with Crippen molar-refractivity contribution in [2.45, 2.75) is 50.7 Å². The molecule has 0 spiro atoms. The monoisotopic (exact) mass is 584 g/mol. The third kappa shape index (κ3) is 8.94. The quantitative estimate of drug-likeness (QED) is 0.164. The smallest absolute Gasteiger partial charge is 0.233 e. The molecular formula is C30H41ClN6O2S. The summed E-state index contributed by atoms with van der Waals surface area (Å²) in [5, 5.41) is 0.870. The van der Waals surface area contributed by atoms with E-state index in [1.165, 1.54) is 17.3 Å². The number of hydrogen-bond acceptors (Lipinski definition) is 7. The molecule has 0 N–H and O–H groups in total. The molecule has 1 aromatic heterocycles. The van der Waals surface area contributed by atoms with Gasteiger partial charge < -0.3 is 14.7 Å². The van der Waals surface area contributed by atoms with Crippen molar-refractivity contribution >= 4 is 47.1 Å². The van der Waals surface area contributed by atoms with Gasteiger partial charge in [-0.1, -0.05) is 85.6 Å². The van der Waals surface area contributed by atoms with Gasteiger partial charge in [-0.2, -0.15) is 0 Å². The summed E-state index contributed by atoms with van der Waals surface area (Å²) in [5.74, 6) is 1.36. The minimum Gasteiger partial charge on any atom is -0.353 e. The normalized spacial score (nSPS) is 18.5. The summed E-state index contributed by atoms with van der Waals surface area (Å²) < 4.78 is 0. The van der Waals surface area contributed by atoms with Crippen LogP contribution in [-0.2, 0) is 9.59 Å². The lowest BCUT2D eigenvalue weighted by Gasteiger charge is -2.40. The number of piperazine rings is 2. The van der Waals surface area contributed by atoms with Crippen LogP contribution in [0.25, 0.3) is 6.08 Å². The molecule has 0 bridgehead atoms. The van der Waals surface area contributed by atoms with Crippen LogP contribution in [0, 0.1) is 0 Å². The van der Waals surface area contributed by atoms with Gasteiger partial charge in [0.1, 0.15) is 11.0 Å². The molecule has 8 nitrogen and oxygen atoms in total. The number of benzene rings is 1. The zero-order valence-corrected chi connectivity index (χ0v) is 25.2. The molecule has 2 fully saturated rings. The maximum atomic E-state index is 12.9. The first-order valence-electron chi connectivity index (χ1n) is 14.4. The highest BCUT2D eigenvalue weighted by molar-refractivity contribution is 7.99. The number of amides is 2. The Bertz CT molecular complexity index is 1140. The van der Waals surface area contributed by atoms with Crippen molar-refractivity contribution in [2.75, 3.05) is 63.0 Å². The molecule has 40 heavy (non-hydrogen) atoms. The van der Waals surface area contributed by atoms with Gasteiger partial charge in [-0.25, -0.2) is 9.97 Å². The summed E-state index contributed by atoms with van der Waals surface area (Å²) in [5.41, 5.74) is 1.20. The van der Waals surface area contributed by atoms with Crippen molar-refractivity contribution < 1.29 is 9.59 Å². The molecular weight excluding hydrogens is 544 g/mol. The Morgan fingerprint density at radius 2 is 1.80 bits per heavy atom. The molecule has 4 rings (SSSR count). The zero-order chi connectivity index (χ0) is 28.3. The number of nitrogens with zero attached hydrogens (tertiary/aromatic N) is 6. The molecule has 2 amide bonds. The Hall–Kier alpha value is -2.62. The summed E-state index contributed by atoms with van der Waals surface area (Å²) in [6.45, 7) is 10.3. The van der Waals surface area contributed by atoms with E-state index in [4.69, 9.17) is 16.6 Å². The Balaban J connectivity index is 1.22. The number of unbranched alkanes of at least 4 members (excludes halogenated alkanes) is 2. The highest BCUT2D eigenvalue weighted by Gasteiger charge is 2.28. The van der Waals surface area contributed by atoms with Crippen LogP contribution in [0.15, 0.2) is 47.6 Å². The largest absolute Gasteiger partial charge is 0.353 e. The van der Waals surface area contributed by atoms with Crippen molar-refractivity contribution in [1.29, 1.82) is 0 Å². The lowest BCUT2D eigenvalue weighted by atomic mass is 10.1. The van der Waals surface area contributed by atoms with E-state index in [1.807, 2.05) is 28.0 Å². The molecule has 3 heterocycles. The standard InChI is InChI=1S/C30H41ClN6O2S/c1-3-4-6-13-28(38)37-20-19-36(22-24(37)2)27-21-26(31)32-30(33-27)40-23-29(39)35-17-15-34(16-18-35)14-9-12-25-10-7-5-8-11-25/h5,7-12,21,24H,3-4,6,13-20,22-23H2,1-2H3. The van der Waals surface area contributed by atoms with E-state index in [0.717, 1.165) is 57.8 Å². The molecule has 2 saturated heterocycles. The minimum atomic E-state index is 0.0958. The van der Waals surface area contributed by atoms with E-state index in [9.17, 15) is 9.59 Å².